The van der Waals surface area contributed by atoms with E-state index >= 15 is 0 Å². The molecule has 0 aliphatic rings. The molecule has 0 aliphatic carbocycles. The van der Waals surface area contributed by atoms with Gasteiger partial charge in [-0.2, -0.15) is 0 Å². The number of fused-ring (bicyclic) bond motifs is 4. The highest BCUT2D eigenvalue weighted by atomic mass is 15.1. The van der Waals surface area contributed by atoms with Crippen LogP contribution in [-0.4, -0.2) is 24.3 Å². The topological polar surface area (TPSA) is 56.0 Å². The van der Waals surface area contributed by atoms with E-state index in [1.54, 1.807) is 0 Å². The van der Waals surface area contributed by atoms with Crippen LogP contribution in [0.3, 0.4) is 0 Å². The van der Waals surface area contributed by atoms with Gasteiger partial charge < -0.3 is 0 Å². The minimum atomic E-state index is 0.678. The van der Waals surface area contributed by atoms with Gasteiger partial charge in [0.15, 0.2) is 11.6 Å². The number of hydrogen-bond acceptors (Lipinski definition) is 4. The van der Waals surface area contributed by atoms with Gasteiger partial charge in [-0.15, -0.1) is 0 Å². The summed E-state index contributed by atoms with van der Waals surface area (Å²) in [7, 11) is 0. The van der Waals surface area contributed by atoms with E-state index in [9.17, 15) is 0 Å². The van der Waals surface area contributed by atoms with Crippen LogP contribution < -0.4 is 0 Å². The Morgan fingerprint density at radius 1 is 0.321 bits per heavy atom. The van der Waals surface area contributed by atoms with Crippen LogP contribution in [0.1, 0.15) is 0 Å². The highest BCUT2D eigenvalue weighted by Gasteiger charge is 2.21. The van der Waals surface area contributed by atoms with Gasteiger partial charge in [0.25, 0.3) is 0 Å². The van der Waals surface area contributed by atoms with Crippen molar-refractivity contribution in [1.82, 2.24) is 24.3 Å². The molecule has 0 bridgehead atoms. The Bertz CT molecular complexity index is 2920. The molecule has 0 amide bonds. The van der Waals surface area contributed by atoms with E-state index in [1.165, 1.54) is 0 Å². The number of hydrogen-bond donors (Lipinski definition) is 0. The van der Waals surface area contributed by atoms with E-state index in [4.69, 9.17) is 19.9 Å². The third-order valence-corrected chi connectivity index (χ3v) is 9.82. The molecule has 0 atom stereocenters. The molecule has 0 radical (unpaired) electrons. The SMILES string of the molecule is c1ccc(-c2nc(-c3cccc(-c4ccc(-c5nc(-c6ccccc6)n6c(-c7ccccc7)c7ccccc7c6n5)cc4)c3)nc3ccccc23)cc1. The van der Waals surface area contributed by atoms with E-state index in [1.807, 2.05) is 42.5 Å². The number of aromatic nitrogens is 5. The maximum absolute atomic E-state index is 5.27. The molecule has 10 rings (SSSR count). The second kappa shape index (κ2) is 12.8. The Morgan fingerprint density at radius 2 is 0.868 bits per heavy atom. The maximum atomic E-state index is 5.27. The van der Waals surface area contributed by atoms with Crippen molar-refractivity contribution in [3.63, 3.8) is 0 Å². The minimum Gasteiger partial charge on any atom is -0.277 e. The first kappa shape index (κ1) is 30.6. The molecule has 53 heavy (non-hydrogen) atoms. The van der Waals surface area contributed by atoms with Gasteiger partial charge in [0.1, 0.15) is 11.5 Å². The van der Waals surface area contributed by atoms with Crippen molar-refractivity contribution in [1.29, 1.82) is 0 Å². The molecule has 0 N–H and O–H groups in total. The number of benzene rings is 7. The first-order valence-corrected chi connectivity index (χ1v) is 17.7. The van der Waals surface area contributed by atoms with Crippen LogP contribution in [0.15, 0.2) is 188 Å². The lowest BCUT2D eigenvalue weighted by molar-refractivity contribution is 1.05. The molecule has 0 saturated carbocycles. The maximum Gasteiger partial charge on any atom is 0.163 e. The summed E-state index contributed by atoms with van der Waals surface area (Å²) in [4.78, 5) is 20.6. The minimum absolute atomic E-state index is 0.678. The number of para-hydroxylation sites is 1. The van der Waals surface area contributed by atoms with Crippen molar-refractivity contribution < 1.29 is 0 Å². The number of nitrogens with zero attached hydrogens (tertiary/aromatic N) is 5. The van der Waals surface area contributed by atoms with E-state index in [-0.39, 0.29) is 0 Å². The van der Waals surface area contributed by atoms with Crippen LogP contribution in [0.2, 0.25) is 0 Å². The van der Waals surface area contributed by atoms with Crippen molar-refractivity contribution in [3.05, 3.63) is 188 Å². The second-order valence-corrected chi connectivity index (χ2v) is 13.1. The predicted octanol–water partition coefficient (Wildman–Crippen LogP) is 11.8. The molecular formula is C48H31N5. The zero-order valence-corrected chi connectivity index (χ0v) is 28.6. The number of rotatable bonds is 6. The molecule has 0 fully saturated rings. The highest BCUT2D eigenvalue weighted by Crippen LogP contribution is 2.38. The monoisotopic (exact) mass is 677 g/mol. The quantitative estimate of drug-likeness (QED) is 0.176. The van der Waals surface area contributed by atoms with Crippen LogP contribution in [0.5, 0.6) is 0 Å². The molecular weight excluding hydrogens is 647 g/mol. The fraction of sp³-hybridized carbons (Fsp3) is 0. The second-order valence-electron chi connectivity index (χ2n) is 13.1. The summed E-state index contributed by atoms with van der Waals surface area (Å²) < 4.78 is 2.22. The largest absolute Gasteiger partial charge is 0.277 e. The molecule has 0 saturated heterocycles. The standard InChI is InChI=1S/C48H31N5/c1-4-15-33(16-5-1)43-41-25-12-13-26-42(41)49-46(50-43)38-22-14-21-37(31-38)32-27-29-35(30-28-32)45-51-47(36-19-8-3-9-20-36)53-44(34-17-6-2-7-18-34)39-23-10-11-24-40(39)48(53)52-45/h1-31H. The van der Waals surface area contributed by atoms with Gasteiger partial charge in [-0.3, -0.25) is 4.40 Å². The third kappa shape index (κ3) is 5.43. The normalized spacial score (nSPS) is 11.4. The Hall–Kier alpha value is -7.24. The van der Waals surface area contributed by atoms with Crippen LogP contribution in [-0.2, 0) is 0 Å². The molecule has 10 aromatic rings. The fourth-order valence-corrected chi connectivity index (χ4v) is 7.29. The highest BCUT2D eigenvalue weighted by molar-refractivity contribution is 6.06. The van der Waals surface area contributed by atoms with Gasteiger partial charge in [-0.05, 0) is 28.8 Å². The van der Waals surface area contributed by atoms with Gasteiger partial charge >= 0.3 is 0 Å². The van der Waals surface area contributed by atoms with Crippen LogP contribution >= 0.6 is 0 Å². The lowest BCUT2D eigenvalue weighted by Crippen LogP contribution is -2.03. The molecule has 5 nitrogen and oxygen atoms in total. The molecule has 0 spiro atoms. The van der Waals surface area contributed by atoms with Gasteiger partial charge in [0, 0.05) is 38.4 Å². The summed E-state index contributed by atoms with van der Waals surface area (Å²) in [6.07, 6.45) is 0. The van der Waals surface area contributed by atoms with Gasteiger partial charge in [0.2, 0.25) is 0 Å². The lowest BCUT2D eigenvalue weighted by atomic mass is 10.0. The first-order valence-electron chi connectivity index (χ1n) is 17.7. The molecule has 7 aromatic carbocycles. The van der Waals surface area contributed by atoms with Crippen molar-refractivity contribution in [2.45, 2.75) is 0 Å². The average molecular weight is 678 g/mol. The Kier molecular flexibility index (Phi) is 7.40. The van der Waals surface area contributed by atoms with Crippen molar-refractivity contribution in [3.8, 4) is 67.8 Å². The fourth-order valence-electron chi connectivity index (χ4n) is 7.29. The molecule has 248 valence electrons. The molecule has 0 unspecified atom stereocenters. The Labute approximate surface area is 306 Å². The van der Waals surface area contributed by atoms with Crippen LogP contribution in [0.25, 0.3) is 95.1 Å². The molecule has 3 aromatic heterocycles. The molecule has 5 heteroatoms. The van der Waals surface area contributed by atoms with Crippen molar-refractivity contribution in [2.75, 3.05) is 0 Å². The molecule has 3 heterocycles. The Balaban J connectivity index is 1.08. The molecule has 0 aliphatic heterocycles. The van der Waals surface area contributed by atoms with E-state index in [0.717, 1.165) is 83.5 Å². The third-order valence-electron chi connectivity index (χ3n) is 9.82. The van der Waals surface area contributed by atoms with E-state index < -0.39 is 0 Å². The first-order chi connectivity index (χ1) is 26.3. The summed E-state index contributed by atoms with van der Waals surface area (Å²) in [6.45, 7) is 0. The van der Waals surface area contributed by atoms with E-state index in [0.29, 0.717) is 11.6 Å². The zero-order valence-electron chi connectivity index (χ0n) is 28.6. The summed E-state index contributed by atoms with van der Waals surface area (Å²) >= 11 is 0. The van der Waals surface area contributed by atoms with Gasteiger partial charge in [0.05, 0.1) is 16.9 Å². The van der Waals surface area contributed by atoms with E-state index in [2.05, 4.69) is 150 Å². The van der Waals surface area contributed by atoms with Crippen LogP contribution in [0.4, 0.5) is 0 Å². The van der Waals surface area contributed by atoms with Crippen molar-refractivity contribution in [2.24, 2.45) is 0 Å². The summed E-state index contributed by atoms with van der Waals surface area (Å²) in [5.74, 6) is 2.23. The Morgan fingerprint density at radius 3 is 1.60 bits per heavy atom. The van der Waals surface area contributed by atoms with Gasteiger partial charge in [-0.1, -0.05) is 176 Å². The summed E-state index contributed by atoms with van der Waals surface area (Å²) in [5.41, 5.74) is 11.1. The predicted molar refractivity (Wildman–Crippen MR) is 216 cm³/mol. The smallest absolute Gasteiger partial charge is 0.163 e. The van der Waals surface area contributed by atoms with Crippen molar-refractivity contribution >= 4 is 27.3 Å². The summed E-state index contributed by atoms with van der Waals surface area (Å²) in [6, 6.07) is 64.9. The lowest BCUT2D eigenvalue weighted by Gasteiger charge is -2.13. The summed E-state index contributed by atoms with van der Waals surface area (Å²) in [5, 5.41) is 3.27. The average Bonchev–Trinajstić information content (AvgIpc) is 3.58. The van der Waals surface area contributed by atoms with Gasteiger partial charge in [-0.25, -0.2) is 19.9 Å². The zero-order chi connectivity index (χ0) is 35.1. The van der Waals surface area contributed by atoms with Crippen LogP contribution in [0, 0.1) is 0 Å².